The maximum Gasteiger partial charge on any atom is 0.224 e. The van der Waals surface area contributed by atoms with Gasteiger partial charge in [0, 0.05) is 12.2 Å². The number of sulfonamides is 1. The molecule has 100 valence electrons. The second kappa shape index (κ2) is 6.36. The summed E-state index contributed by atoms with van der Waals surface area (Å²) in [4.78, 5) is 11.5. The topological polar surface area (TPSA) is 101 Å². The highest BCUT2D eigenvalue weighted by molar-refractivity contribution is 7.89. The van der Waals surface area contributed by atoms with Crippen molar-refractivity contribution in [3.05, 3.63) is 29.8 Å². The molecule has 6 nitrogen and oxygen atoms in total. The van der Waals surface area contributed by atoms with Crippen molar-refractivity contribution in [3.63, 3.8) is 0 Å². The van der Waals surface area contributed by atoms with Crippen molar-refractivity contribution in [2.45, 2.75) is 6.42 Å². The van der Waals surface area contributed by atoms with Gasteiger partial charge in [-0.05, 0) is 24.7 Å². The number of amides is 1. The normalized spacial score (nSPS) is 11.2. The van der Waals surface area contributed by atoms with Crippen LogP contribution in [0.25, 0.3) is 0 Å². The number of carbonyl (C=O) groups is 1. The zero-order chi connectivity index (χ0) is 13.6. The molecule has 0 aliphatic carbocycles. The fraction of sp³-hybridized carbons (Fsp3) is 0.364. The van der Waals surface area contributed by atoms with Crippen LogP contribution in [0, 0.1) is 0 Å². The molecule has 0 radical (unpaired) electrons. The molecule has 0 fully saturated rings. The molecule has 18 heavy (non-hydrogen) atoms. The fourth-order valence-corrected chi connectivity index (χ4v) is 1.89. The molecule has 0 atom stereocenters. The van der Waals surface area contributed by atoms with Crippen molar-refractivity contribution in [2.24, 2.45) is 0 Å². The minimum atomic E-state index is -3.27. The molecule has 0 saturated heterocycles. The molecular weight excluding hydrogens is 254 g/mol. The lowest BCUT2D eigenvalue weighted by atomic mass is 10.1. The van der Waals surface area contributed by atoms with E-state index in [4.69, 9.17) is 5.73 Å². The second-order valence-electron chi connectivity index (χ2n) is 3.79. The molecule has 0 aliphatic rings. The molecule has 1 aromatic rings. The third-order valence-corrected chi connectivity index (χ3v) is 3.71. The van der Waals surface area contributed by atoms with Gasteiger partial charge in [0.25, 0.3) is 0 Å². The van der Waals surface area contributed by atoms with Gasteiger partial charge in [0.15, 0.2) is 0 Å². The average Bonchev–Trinajstić information content (AvgIpc) is 2.32. The van der Waals surface area contributed by atoms with Crippen LogP contribution in [0.5, 0.6) is 0 Å². The van der Waals surface area contributed by atoms with Crippen molar-refractivity contribution in [2.75, 3.05) is 25.1 Å². The molecule has 0 spiro atoms. The van der Waals surface area contributed by atoms with E-state index in [0.717, 1.165) is 5.56 Å². The van der Waals surface area contributed by atoms with Gasteiger partial charge in [-0.15, -0.1) is 0 Å². The standard InChI is InChI=1S/C11H17N3O3S/c1-13-18(16,17)7-6-14-11(15)8-9-2-4-10(12)5-3-9/h2-5,13H,6-8,12H2,1H3,(H,14,15). The summed E-state index contributed by atoms with van der Waals surface area (Å²) in [7, 11) is -1.94. The highest BCUT2D eigenvalue weighted by Crippen LogP contribution is 2.05. The highest BCUT2D eigenvalue weighted by atomic mass is 32.2. The SMILES string of the molecule is CNS(=O)(=O)CCNC(=O)Cc1ccc(N)cc1. The van der Waals surface area contributed by atoms with E-state index in [1.54, 1.807) is 24.3 Å². The molecule has 0 saturated carbocycles. The summed E-state index contributed by atoms with van der Waals surface area (Å²) in [5, 5.41) is 2.55. The lowest BCUT2D eigenvalue weighted by molar-refractivity contribution is -0.120. The lowest BCUT2D eigenvalue weighted by Crippen LogP contribution is -2.33. The minimum Gasteiger partial charge on any atom is -0.399 e. The van der Waals surface area contributed by atoms with Crippen LogP contribution >= 0.6 is 0 Å². The Morgan fingerprint density at radius 1 is 1.28 bits per heavy atom. The van der Waals surface area contributed by atoms with Gasteiger partial charge in [-0.25, -0.2) is 13.1 Å². The Morgan fingerprint density at radius 3 is 2.44 bits per heavy atom. The number of carbonyl (C=O) groups excluding carboxylic acids is 1. The number of nitrogens with two attached hydrogens (primary N) is 1. The molecule has 1 rings (SSSR count). The van der Waals surface area contributed by atoms with Crippen molar-refractivity contribution in [1.29, 1.82) is 0 Å². The molecule has 1 amide bonds. The largest absolute Gasteiger partial charge is 0.399 e. The van der Waals surface area contributed by atoms with Crippen LogP contribution in [-0.4, -0.2) is 33.7 Å². The molecule has 1 aromatic carbocycles. The molecule has 0 aromatic heterocycles. The number of hydrogen-bond donors (Lipinski definition) is 3. The monoisotopic (exact) mass is 271 g/mol. The van der Waals surface area contributed by atoms with Crippen molar-refractivity contribution < 1.29 is 13.2 Å². The number of nitrogen functional groups attached to an aromatic ring is 1. The Morgan fingerprint density at radius 2 is 1.89 bits per heavy atom. The van der Waals surface area contributed by atoms with Gasteiger partial charge >= 0.3 is 0 Å². The van der Waals surface area contributed by atoms with E-state index in [9.17, 15) is 13.2 Å². The number of rotatable bonds is 6. The van der Waals surface area contributed by atoms with Crippen LogP contribution < -0.4 is 15.8 Å². The fourth-order valence-electron chi connectivity index (χ4n) is 1.31. The summed E-state index contributed by atoms with van der Waals surface area (Å²) in [5.74, 6) is -0.345. The van der Waals surface area contributed by atoms with Gasteiger partial charge in [-0.3, -0.25) is 4.79 Å². The highest BCUT2D eigenvalue weighted by Gasteiger charge is 2.08. The molecular formula is C11H17N3O3S. The van der Waals surface area contributed by atoms with E-state index in [1.807, 2.05) is 0 Å². The van der Waals surface area contributed by atoms with Gasteiger partial charge < -0.3 is 11.1 Å². The van der Waals surface area contributed by atoms with Crippen LogP contribution in [0.2, 0.25) is 0 Å². The molecule has 0 heterocycles. The van der Waals surface area contributed by atoms with Crippen molar-refractivity contribution in [1.82, 2.24) is 10.0 Å². The Labute approximate surface area is 107 Å². The summed E-state index contributed by atoms with van der Waals surface area (Å²) in [6, 6.07) is 6.96. The summed E-state index contributed by atoms with van der Waals surface area (Å²) in [5.41, 5.74) is 7.00. The molecule has 7 heteroatoms. The van der Waals surface area contributed by atoms with Crippen LogP contribution in [0.1, 0.15) is 5.56 Å². The predicted octanol–water partition coefficient (Wildman–Crippen LogP) is -0.523. The molecule has 0 unspecified atom stereocenters. The van der Waals surface area contributed by atoms with E-state index >= 15 is 0 Å². The van der Waals surface area contributed by atoms with E-state index in [2.05, 4.69) is 10.0 Å². The summed E-state index contributed by atoms with van der Waals surface area (Å²) >= 11 is 0. The zero-order valence-corrected chi connectivity index (χ0v) is 11.0. The van der Waals surface area contributed by atoms with Gasteiger partial charge in [0.2, 0.25) is 15.9 Å². The van der Waals surface area contributed by atoms with E-state index in [1.165, 1.54) is 7.05 Å². The third-order valence-electron chi connectivity index (χ3n) is 2.35. The number of anilines is 1. The maximum atomic E-state index is 11.5. The van der Waals surface area contributed by atoms with E-state index in [-0.39, 0.29) is 24.6 Å². The number of hydrogen-bond acceptors (Lipinski definition) is 4. The van der Waals surface area contributed by atoms with Crippen LogP contribution in [0.3, 0.4) is 0 Å². The minimum absolute atomic E-state index is 0.0942. The Bertz CT molecular complexity index is 497. The molecule has 0 aliphatic heterocycles. The number of nitrogens with one attached hydrogen (secondary N) is 2. The number of benzene rings is 1. The average molecular weight is 271 g/mol. The molecule has 4 N–H and O–H groups in total. The van der Waals surface area contributed by atoms with Crippen LogP contribution in [0.15, 0.2) is 24.3 Å². The van der Waals surface area contributed by atoms with E-state index < -0.39 is 10.0 Å². The van der Waals surface area contributed by atoms with Gasteiger partial charge in [0.05, 0.1) is 12.2 Å². The lowest BCUT2D eigenvalue weighted by Gasteiger charge is -2.06. The maximum absolute atomic E-state index is 11.5. The van der Waals surface area contributed by atoms with Gasteiger partial charge in [-0.2, -0.15) is 0 Å². The smallest absolute Gasteiger partial charge is 0.224 e. The summed E-state index contributed by atoms with van der Waals surface area (Å²) in [6.07, 6.45) is 0.208. The Kier molecular flexibility index (Phi) is 5.11. The van der Waals surface area contributed by atoms with Crippen LogP contribution in [-0.2, 0) is 21.2 Å². The quantitative estimate of drug-likeness (QED) is 0.606. The van der Waals surface area contributed by atoms with E-state index in [0.29, 0.717) is 5.69 Å². The first-order valence-corrected chi connectivity index (χ1v) is 7.10. The third kappa shape index (κ3) is 5.15. The van der Waals surface area contributed by atoms with Gasteiger partial charge in [-0.1, -0.05) is 12.1 Å². The first-order chi connectivity index (χ1) is 8.43. The van der Waals surface area contributed by atoms with Crippen molar-refractivity contribution >= 4 is 21.6 Å². The Balaban J connectivity index is 2.36. The van der Waals surface area contributed by atoms with Crippen molar-refractivity contribution in [3.8, 4) is 0 Å². The van der Waals surface area contributed by atoms with Gasteiger partial charge in [0.1, 0.15) is 0 Å². The zero-order valence-electron chi connectivity index (χ0n) is 10.1. The second-order valence-corrected chi connectivity index (χ2v) is 5.84. The first-order valence-electron chi connectivity index (χ1n) is 5.45. The first kappa shape index (κ1) is 14.5. The van der Waals surface area contributed by atoms with Crippen LogP contribution in [0.4, 0.5) is 5.69 Å². The molecule has 0 bridgehead atoms. The summed E-state index contributed by atoms with van der Waals surface area (Å²) in [6.45, 7) is 0.0942. The predicted molar refractivity (Wildman–Crippen MR) is 70.4 cm³/mol. The summed E-state index contributed by atoms with van der Waals surface area (Å²) < 4.78 is 24.4. The Hall–Kier alpha value is -1.60.